The Morgan fingerprint density at radius 1 is 1.25 bits per heavy atom. The van der Waals surface area contributed by atoms with Gasteiger partial charge in [-0.3, -0.25) is 0 Å². The minimum atomic E-state index is 0.245. The number of nitrogens with zero attached hydrogens (tertiary/aromatic N) is 2. The molecule has 1 saturated carbocycles. The molecule has 0 amide bonds. The van der Waals surface area contributed by atoms with Gasteiger partial charge in [0.25, 0.3) is 0 Å². The maximum Gasteiger partial charge on any atom is 0.0949 e. The van der Waals surface area contributed by atoms with E-state index in [0.717, 1.165) is 13.0 Å². The average Bonchev–Trinajstić information content (AvgIpc) is 2.54. The van der Waals surface area contributed by atoms with Crippen LogP contribution in [0.15, 0.2) is 6.33 Å². The molecule has 3 heteroatoms. The summed E-state index contributed by atoms with van der Waals surface area (Å²) in [4.78, 5) is 4.56. The number of fused-ring (bicyclic) bond motifs is 2. The van der Waals surface area contributed by atoms with E-state index in [1.165, 1.54) is 49.9 Å². The normalized spacial score (nSPS) is 24.1. The van der Waals surface area contributed by atoms with E-state index in [-0.39, 0.29) is 5.54 Å². The van der Waals surface area contributed by atoms with Crippen LogP contribution in [0.5, 0.6) is 0 Å². The Morgan fingerprint density at radius 2 is 2.00 bits per heavy atom. The summed E-state index contributed by atoms with van der Waals surface area (Å²) < 4.78 is 2.24. The van der Waals surface area contributed by atoms with Crippen molar-refractivity contribution in [1.29, 1.82) is 0 Å². The number of hydrogen-bond donors (Lipinski definition) is 1. The first-order chi connectivity index (χ1) is 7.82. The van der Waals surface area contributed by atoms with E-state index in [0.29, 0.717) is 0 Å². The van der Waals surface area contributed by atoms with Gasteiger partial charge in [-0.25, -0.2) is 4.98 Å². The van der Waals surface area contributed by atoms with Crippen molar-refractivity contribution in [1.82, 2.24) is 14.9 Å². The molecule has 1 N–H and O–H groups in total. The van der Waals surface area contributed by atoms with Gasteiger partial charge in [-0.1, -0.05) is 25.7 Å². The zero-order chi connectivity index (χ0) is 11.0. The summed E-state index contributed by atoms with van der Waals surface area (Å²) >= 11 is 0. The maximum absolute atomic E-state index is 4.56. The number of rotatable bonds is 0. The van der Waals surface area contributed by atoms with Gasteiger partial charge in [0, 0.05) is 20.0 Å². The van der Waals surface area contributed by atoms with Crippen molar-refractivity contribution >= 4 is 0 Å². The fourth-order valence-electron chi connectivity index (χ4n) is 3.53. The second-order valence-electron chi connectivity index (χ2n) is 5.32. The van der Waals surface area contributed by atoms with Crippen molar-refractivity contribution in [3.63, 3.8) is 0 Å². The minimum Gasteiger partial charge on any atom is -0.336 e. The molecule has 1 fully saturated rings. The predicted molar refractivity (Wildman–Crippen MR) is 64.3 cm³/mol. The highest BCUT2D eigenvalue weighted by Crippen LogP contribution is 2.39. The number of aromatic nitrogens is 2. The summed E-state index contributed by atoms with van der Waals surface area (Å²) in [6.07, 6.45) is 11.2. The van der Waals surface area contributed by atoms with Gasteiger partial charge in [-0.2, -0.15) is 0 Å². The summed E-state index contributed by atoms with van der Waals surface area (Å²) in [5, 5.41) is 3.80. The lowest BCUT2D eigenvalue weighted by Gasteiger charge is -2.38. The molecule has 0 unspecified atom stereocenters. The van der Waals surface area contributed by atoms with Crippen molar-refractivity contribution < 1.29 is 0 Å². The predicted octanol–water partition coefficient (Wildman–Crippen LogP) is 2.12. The van der Waals surface area contributed by atoms with Gasteiger partial charge in [-0.15, -0.1) is 0 Å². The van der Waals surface area contributed by atoms with E-state index in [9.17, 15) is 0 Å². The van der Waals surface area contributed by atoms with Gasteiger partial charge in [0.15, 0.2) is 0 Å². The first-order valence-electron chi connectivity index (χ1n) is 6.58. The molecule has 2 heterocycles. The molecule has 3 rings (SSSR count). The van der Waals surface area contributed by atoms with Crippen molar-refractivity contribution in [3.8, 4) is 0 Å². The molecule has 3 nitrogen and oxygen atoms in total. The van der Waals surface area contributed by atoms with Crippen LogP contribution < -0.4 is 5.32 Å². The fourth-order valence-corrected chi connectivity index (χ4v) is 3.53. The van der Waals surface area contributed by atoms with E-state index in [2.05, 4.69) is 21.9 Å². The van der Waals surface area contributed by atoms with Gasteiger partial charge in [0.05, 0.1) is 23.3 Å². The molecule has 0 aromatic carbocycles. The Labute approximate surface area is 97.3 Å². The third-order valence-electron chi connectivity index (χ3n) is 4.25. The van der Waals surface area contributed by atoms with E-state index in [4.69, 9.17) is 0 Å². The molecule has 16 heavy (non-hydrogen) atoms. The van der Waals surface area contributed by atoms with Crippen LogP contribution in [0, 0.1) is 0 Å². The van der Waals surface area contributed by atoms with E-state index in [1.54, 1.807) is 0 Å². The molecule has 88 valence electrons. The van der Waals surface area contributed by atoms with Crippen LogP contribution in [-0.4, -0.2) is 16.1 Å². The Kier molecular flexibility index (Phi) is 2.51. The van der Waals surface area contributed by atoms with Gasteiger partial charge in [0.1, 0.15) is 0 Å². The molecule has 1 spiro atoms. The Hall–Kier alpha value is -0.830. The molecule has 1 aliphatic carbocycles. The lowest BCUT2D eigenvalue weighted by Crippen LogP contribution is -2.48. The lowest BCUT2D eigenvalue weighted by atomic mass is 9.82. The molecule has 0 radical (unpaired) electrons. The molecular formula is C13H21N3. The quantitative estimate of drug-likeness (QED) is 0.724. The van der Waals surface area contributed by atoms with Gasteiger partial charge in [0.2, 0.25) is 0 Å². The molecule has 1 aromatic rings. The average molecular weight is 219 g/mol. The van der Waals surface area contributed by atoms with Crippen molar-refractivity contribution in [3.05, 3.63) is 17.7 Å². The third-order valence-corrected chi connectivity index (χ3v) is 4.25. The highest BCUT2D eigenvalue weighted by Gasteiger charge is 2.39. The molecule has 1 aliphatic heterocycles. The van der Waals surface area contributed by atoms with Crippen molar-refractivity contribution in [2.75, 3.05) is 6.54 Å². The number of imidazole rings is 1. The molecule has 0 saturated heterocycles. The lowest BCUT2D eigenvalue weighted by molar-refractivity contribution is 0.260. The molecule has 0 bridgehead atoms. The van der Waals surface area contributed by atoms with Gasteiger partial charge in [-0.05, 0) is 12.8 Å². The first kappa shape index (κ1) is 10.3. The number of nitrogens with one attached hydrogen (secondary N) is 1. The van der Waals surface area contributed by atoms with E-state index < -0.39 is 0 Å². The molecule has 0 atom stereocenters. The summed E-state index contributed by atoms with van der Waals surface area (Å²) in [6.45, 7) is 1.10. The highest BCUT2D eigenvalue weighted by molar-refractivity contribution is 5.27. The maximum atomic E-state index is 4.56. The van der Waals surface area contributed by atoms with Crippen molar-refractivity contribution in [2.45, 2.75) is 50.5 Å². The second kappa shape index (κ2) is 3.88. The summed E-state index contributed by atoms with van der Waals surface area (Å²) in [7, 11) is 2.14. The minimum absolute atomic E-state index is 0.245. The summed E-state index contributed by atoms with van der Waals surface area (Å²) in [5.74, 6) is 0. The Balaban J connectivity index is 2.03. The topological polar surface area (TPSA) is 29.9 Å². The largest absolute Gasteiger partial charge is 0.336 e. The highest BCUT2D eigenvalue weighted by atomic mass is 15.1. The Bertz CT molecular complexity index is 373. The molecule has 2 aliphatic rings. The van der Waals surface area contributed by atoms with Crippen LogP contribution in [-0.2, 0) is 19.0 Å². The zero-order valence-electron chi connectivity index (χ0n) is 10.1. The van der Waals surface area contributed by atoms with Crippen LogP contribution in [0.25, 0.3) is 0 Å². The third kappa shape index (κ3) is 1.49. The number of hydrogen-bond acceptors (Lipinski definition) is 2. The van der Waals surface area contributed by atoms with Crippen molar-refractivity contribution in [2.24, 2.45) is 7.05 Å². The van der Waals surface area contributed by atoms with E-state index in [1.807, 2.05) is 6.33 Å². The number of aryl methyl sites for hydroxylation is 1. The van der Waals surface area contributed by atoms with Crippen LogP contribution >= 0.6 is 0 Å². The molecule has 1 aromatic heterocycles. The second-order valence-corrected chi connectivity index (χ2v) is 5.32. The fraction of sp³-hybridized carbons (Fsp3) is 0.769. The molecular weight excluding hydrogens is 198 g/mol. The smallest absolute Gasteiger partial charge is 0.0949 e. The Morgan fingerprint density at radius 3 is 2.75 bits per heavy atom. The summed E-state index contributed by atoms with van der Waals surface area (Å²) in [6, 6.07) is 0. The summed E-state index contributed by atoms with van der Waals surface area (Å²) in [5.41, 5.74) is 3.05. The standard InChI is InChI=1S/C13H21N3/c1-16-10-14-11-6-9-15-13(12(11)16)7-4-2-3-5-8-13/h10,15H,2-9H2,1H3. The monoisotopic (exact) mass is 219 g/mol. The van der Waals surface area contributed by atoms with Crippen LogP contribution in [0.2, 0.25) is 0 Å². The zero-order valence-corrected chi connectivity index (χ0v) is 10.1. The SMILES string of the molecule is Cn1cnc2c1C1(CCCCCC1)NCC2. The van der Waals surface area contributed by atoms with Gasteiger partial charge < -0.3 is 9.88 Å². The van der Waals surface area contributed by atoms with Gasteiger partial charge >= 0.3 is 0 Å². The van der Waals surface area contributed by atoms with Crippen LogP contribution in [0.4, 0.5) is 0 Å². The van der Waals surface area contributed by atoms with Crippen LogP contribution in [0.1, 0.15) is 49.9 Å². The van der Waals surface area contributed by atoms with E-state index >= 15 is 0 Å². The van der Waals surface area contributed by atoms with Crippen LogP contribution in [0.3, 0.4) is 0 Å². The first-order valence-corrected chi connectivity index (χ1v) is 6.58.